The highest BCUT2D eigenvalue weighted by Crippen LogP contribution is 2.97. The Bertz CT molecular complexity index is 390. The number of hydrogen-bond donors (Lipinski definition) is 2. The molecule has 0 radical (unpaired) electrons. The third-order valence-corrected chi connectivity index (χ3v) is 9.23. The normalized spacial score (nSPS) is 80.8. The van der Waals surface area contributed by atoms with Gasteiger partial charge < -0.3 is 0 Å². The van der Waals surface area contributed by atoms with E-state index in [0.717, 1.165) is 21.7 Å². The van der Waals surface area contributed by atoms with Crippen LogP contribution in [-0.2, 0) is 0 Å². The van der Waals surface area contributed by atoms with E-state index in [0.29, 0.717) is 9.49 Å². The SMILES string of the molecule is SC12CC(C34CC(C56CC(S)(C5)C6)(C3)C4)(C1)C2. The zero-order valence-corrected chi connectivity index (χ0v) is 12.0. The van der Waals surface area contributed by atoms with Gasteiger partial charge in [0.2, 0.25) is 0 Å². The molecule has 17 heavy (non-hydrogen) atoms. The lowest BCUT2D eigenvalue weighted by molar-refractivity contribution is -0.408. The Kier molecular flexibility index (Phi) is 1.11. The Labute approximate surface area is 114 Å². The van der Waals surface area contributed by atoms with E-state index in [1.165, 1.54) is 38.5 Å². The summed E-state index contributed by atoms with van der Waals surface area (Å²) in [5.41, 5.74) is 3.27. The summed E-state index contributed by atoms with van der Waals surface area (Å²) in [5, 5.41) is 0. The Morgan fingerprint density at radius 2 is 0.647 bits per heavy atom. The molecule has 0 spiro atoms. The van der Waals surface area contributed by atoms with Gasteiger partial charge in [-0.25, -0.2) is 0 Å². The summed E-state index contributed by atoms with van der Waals surface area (Å²) in [6.07, 6.45) is 13.6. The maximum atomic E-state index is 4.79. The van der Waals surface area contributed by atoms with Gasteiger partial charge in [-0.2, -0.15) is 25.3 Å². The van der Waals surface area contributed by atoms with Crippen molar-refractivity contribution in [3.8, 4) is 0 Å². The van der Waals surface area contributed by atoms with Gasteiger partial charge in [-0.05, 0) is 79.4 Å². The van der Waals surface area contributed by atoms with Gasteiger partial charge in [-0.3, -0.25) is 0 Å². The van der Waals surface area contributed by atoms with Crippen LogP contribution < -0.4 is 0 Å². The molecule has 9 rings (SSSR count). The Balaban J connectivity index is 1.26. The monoisotopic (exact) mass is 264 g/mol. The molecule has 0 unspecified atom stereocenters. The molecular weight excluding hydrogens is 244 g/mol. The molecule has 0 heterocycles. The standard InChI is InChI=1S/C15H20S2/c16-14-4-12(5-14,6-14)10-1-11(2-10,3-10)13-7-15(17,8-13)9-13/h16-17H,1-9H2. The van der Waals surface area contributed by atoms with Crippen LogP contribution in [0.2, 0.25) is 0 Å². The topological polar surface area (TPSA) is 0 Å². The van der Waals surface area contributed by atoms with Crippen molar-refractivity contribution < 1.29 is 0 Å². The molecule has 9 fully saturated rings. The molecule has 0 aromatic heterocycles. The Morgan fingerprint density at radius 3 is 0.882 bits per heavy atom. The minimum atomic E-state index is 0.508. The van der Waals surface area contributed by atoms with Crippen LogP contribution in [-0.4, -0.2) is 9.49 Å². The Morgan fingerprint density at radius 1 is 0.412 bits per heavy atom. The maximum Gasteiger partial charge on any atom is 0.0146 e. The van der Waals surface area contributed by atoms with Crippen molar-refractivity contribution in [2.45, 2.75) is 67.3 Å². The largest absolute Gasteiger partial charge is 0.172 e. The number of rotatable bonds is 2. The maximum absolute atomic E-state index is 4.79. The smallest absolute Gasteiger partial charge is 0.0146 e. The first kappa shape index (κ1) is 9.58. The van der Waals surface area contributed by atoms with Crippen LogP contribution in [0.25, 0.3) is 0 Å². The molecule has 9 saturated carbocycles. The number of thiol groups is 2. The molecule has 6 bridgehead atoms. The number of hydrogen-bond acceptors (Lipinski definition) is 2. The fourth-order valence-electron chi connectivity index (χ4n) is 7.51. The van der Waals surface area contributed by atoms with Crippen LogP contribution in [0.4, 0.5) is 0 Å². The summed E-state index contributed by atoms with van der Waals surface area (Å²) >= 11 is 9.58. The van der Waals surface area contributed by atoms with Crippen molar-refractivity contribution in [3.05, 3.63) is 0 Å². The van der Waals surface area contributed by atoms with Gasteiger partial charge in [0.1, 0.15) is 0 Å². The van der Waals surface area contributed by atoms with E-state index in [2.05, 4.69) is 0 Å². The average molecular weight is 264 g/mol. The van der Waals surface area contributed by atoms with Crippen molar-refractivity contribution in [3.63, 3.8) is 0 Å². The molecule has 9 aliphatic rings. The van der Waals surface area contributed by atoms with Gasteiger partial charge in [0.25, 0.3) is 0 Å². The van der Waals surface area contributed by atoms with E-state index in [4.69, 9.17) is 25.3 Å². The molecule has 0 saturated heterocycles. The fraction of sp³-hybridized carbons (Fsp3) is 1.00. The molecular formula is C15H20S2. The average Bonchev–Trinajstić information content (AvgIpc) is 1.87. The summed E-state index contributed by atoms with van der Waals surface area (Å²) in [7, 11) is 0. The quantitative estimate of drug-likeness (QED) is 0.695. The summed E-state index contributed by atoms with van der Waals surface area (Å²) in [6, 6.07) is 0. The predicted molar refractivity (Wildman–Crippen MR) is 74.7 cm³/mol. The molecule has 0 aromatic rings. The van der Waals surface area contributed by atoms with E-state index < -0.39 is 0 Å². The second-order valence-electron chi connectivity index (χ2n) is 9.16. The minimum Gasteiger partial charge on any atom is -0.172 e. The van der Waals surface area contributed by atoms with Crippen LogP contribution in [0.1, 0.15) is 57.8 Å². The summed E-state index contributed by atoms with van der Waals surface area (Å²) in [4.78, 5) is 0. The van der Waals surface area contributed by atoms with Crippen LogP contribution in [0, 0.1) is 21.7 Å². The molecule has 2 heteroatoms. The molecule has 9 aliphatic carbocycles. The van der Waals surface area contributed by atoms with Crippen molar-refractivity contribution in [1.29, 1.82) is 0 Å². The second-order valence-corrected chi connectivity index (χ2v) is 11.1. The van der Waals surface area contributed by atoms with E-state index in [1.54, 1.807) is 19.3 Å². The molecule has 0 aliphatic heterocycles. The highest BCUT2D eigenvalue weighted by molar-refractivity contribution is 7.82. The third-order valence-electron chi connectivity index (χ3n) is 8.29. The second kappa shape index (κ2) is 1.97. The van der Waals surface area contributed by atoms with Crippen LogP contribution >= 0.6 is 25.3 Å². The van der Waals surface area contributed by atoms with Gasteiger partial charge in [0.15, 0.2) is 0 Å². The highest BCUT2D eigenvalue weighted by atomic mass is 32.1. The predicted octanol–water partition coefficient (Wildman–Crippen LogP) is 3.86. The highest BCUT2D eigenvalue weighted by Gasteiger charge is 2.89. The zero-order chi connectivity index (χ0) is 11.4. The van der Waals surface area contributed by atoms with Crippen LogP contribution in [0.5, 0.6) is 0 Å². The summed E-state index contributed by atoms with van der Waals surface area (Å²) in [5.74, 6) is 0. The lowest BCUT2D eigenvalue weighted by Crippen LogP contribution is -2.86. The van der Waals surface area contributed by atoms with E-state index in [9.17, 15) is 0 Å². The van der Waals surface area contributed by atoms with E-state index >= 15 is 0 Å². The van der Waals surface area contributed by atoms with Crippen LogP contribution in [0.15, 0.2) is 0 Å². The Hall–Kier alpha value is 0.700. The van der Waals surface area contributed by atoms with E-state index in [1.807, 2.05) is 0 Å². The molecule has 0 atom stereocenters. The first-order chi connectivity index (χ1) is 7.86. The zero-order valence-electron chi connectivity index (χ0n) is 10.3. The lowest BCUT2D eigenvalue weighted by Gasteiger charge is -2.93. The molecule has 92 valence electrons. The van der Waals surface area contributed by atoms with Gasteiger partial charge >= 0.3 is 0 Å². The van der Waals surface area contributed by atoms with Crippen LogP contribution in [0.3, 0.4) is 0 Å². The van der Waals surface area contributed by atoms with Crippen molar-refractivity contribution in [1.82, 2.24) is 0 Å². The van der Waals surface area contributed by atoms with Gasteiger partial charge in [0.05, 0.1) is 0 Å². The lowest BCUT2D eigenvalue weighted by atomic mass is 9.13. The molecule has 0 aromatic carbocycles. The minimum absolute atomic E-state index is 0.508. The fourth-order valence-corrected chi connectivity index (χ4v) is 9.32. The van der Waals surface area contributed by atoms with Crippen molar-refractivity contribution in [2.75, 3.05) is 0 Å². The van der Waals surface area contributed by atoms with Gasteiger partial charge in [-0.1, -0.05) is 0 Å². The van der Waals surface area contributed by atoms with Crippen molar-refractivity contribution in [2.24, 2.45) is 21.7 Å². The first-order valence-corrected chi connectivity index (χ1v) is 8.21. The van der Waals surface area contributed by atoms with Crippen molar-refractivity contribution >= 4 is 25.3 Å². The van der Waals surface area contributed by atoms with Gasteiger partial charge in [-0.15, -0.1) is 0 Å². The molecule has 0 amide bonds. The molecule has 0 nitrogen and oxygen atoms in total. The van der Waals surface area contributed by atoms with Gasteiger partial charge in [0, 0.05) is 9.49 Å². The molecule has 0 N–H and O–H groups in total. The summed E-state index contributed by atoms with van der Waals surface area (Å²) in [6.45, 7) is 0. The third kappa shape index (κ3) is 0.683. The summed E-state index contributed by atoms with van der Waals surface area (Å²) < 4.78 is 1.02. The van der Waals surface area contributed by atoms with E-state index in [-0.39, 0.29) is 0 Å². The first-order valence-electron chi connectivity index (χ1n) is 7.31.